The van der Waals surface area contributed by atoms with Gasteiger partial charge in [0.15, 0.2) is 6.29 Å². The zero-order valence-corrected chi connectivity index (χ0v) is 15.1. The van der Waals surface area contributed by atoms with Gasteiger partial charge in [-0.05, 0) is 50.9 Å². The molecule has 0 amide bonds. The Morgan fingerprint density at radius 1 is 1.09 bits per heavy atom. The monoisotopic (exact) mass is 326 g/mol. The van der Waals surface area contributed by atoms with Crippen molar-refractivity contribution in [2.24, 2.45) is 11.3 Å². The van der Waals surface area contributed by atoms with Crippen LogP contribution in [0.15, 0.2) is 0 Å². The number of carbonyl (C=O) groups is 1. The van der Waals surface area contributed by atoms with Gasteiger partial charge in [0, 0.05) is 11.8 Å². The fourth-order valence-electron chi connectivity index (χ4n) is 3.76. The number of hydrogen-bond acceptors (Lipinski definition) is 4. The van der Waals surface area contributed by atoms with Crippen LogP contribution in [0.2, 0.25) is 0 Å². The molecule has 2 aliphatic rings. The van der Waals surface area contributed by atoms with Gasteiger partial charge in [0.1, 0.15) is 6.10 Å². The van der Waals surface area contributed by atoms with E-state index in [1.807, 2.05) is 6.92 Å². The normalized spacial score (nSPS) is 35.0. The maximum absolute atomic E-state index is 11.6. The third kappa shape index (κ3) is 5.46. The molecule has 0 aromatic rings. The molecule has 1 aliphatic heterocycles. The van der Waals surface area contributed by atoms with E-state index in [1.54, 1.807) is 0 Å². The van der Waals surface area contributed by atoms with Gasteiger partial charge < -0.3 is 14.2 Å². The highest BCUT2D eigenvalue weighted by Gasteiger charge is 2.41. The first kappa shape index (κ1) is 18.7. The van der Waals surface area contributed by atoms with Crippen LogP contribution in [-0.4, -0.2) is 31.6 Å². The predicted molar refractivity (Wildman–Crippen MR) is 90.1 cm³/mol. The number of rotatable bonds is 7. The summed E-state index contributed by atoms with van der Waals surface area (Å²) in [6.07, 6.45) is 9.04. The van der Waals surface area contributed by atoms with Gasteiger partial charge in [0.05, 0.1) is 13.2 Å². The standard InChI is InChI=1S/C19H34O4/c1-4-6-8-18-21-13-19(3,14-22-18)15-9-11-16(12-10-15)23-17(20)7-5-2/h15-16,18H,4-14H2,1-3H3/t15?,16?,18-,19+. The molecule has 0 N–H and O–H groups in total. The van der Waals surface area contributed by atoms with Gasteiger partial charge in [-0.3, -0.25) is 4.79 Å². The average molecular weight is 326 g/mol. The Balaban J connectivity index is 1.73. The molecule has 1 saturated carbocycles. The summed E-state index contributed by atoms with van der Waals surface area (Å²) in [6.45, 7) is 8.09. The summed E-state index contributed by atoms with van der Waals surface area (Å²) < 4.78 is 17.5. The molecule has 0 atom stereocenters. The Morgan fingerprint density at radius 3 is 2.30 bits per heavy atom. The third-order valence-corrected chi connectivity index (χ3v) is 5.40. The van der Waals surface area contributed by atoms with Gasteiger partial charge in [-0.15, -0.1) is 0 Å². The van der Waals surface area contributed by atoms with E-state index in [-0.39, 0.29) is 23.8 Å². The molecule has 0 spiro atoms. The second-order valence-electron chi connectivity index (χ2n) is 7.56. The average Bonchev–Trinajstić information content (AvgIpc) is 2.55. The van der Waals surface area contributed by atoms with Crippen LogP contribution in [0.5, 0.6) is 0 Å². The summed E-state index contributed by atoms with van der Waals surface area (Å²) in [5, 5.41) is 0. The maximum Gasteiger partial charge on any atom is 0.306 e. The summed E-state index contributed by atoms with van der Waals surface area (Å²) in [4.78, 5) is 11.6. The third-order valence-electron chi connectivity index (χ3n) is 5.40. The summed E-state index contributed by atoms with van der Waals surface area (Å²) >= 11 is 0. The molecule has 1 saturated heterocycles. The van der Waals surface area contributed by atoms with Crippen LogP contribution in [0.3, 0.4) is 0 Å². The van der Waals surface area contributed by atoms with E-state index in [1.165, 1.54) is 6.42 Å². The summed E-state index contributed by atoms with van der Waals surface area (Å²) in [5.41, 5.74) is 0.112. The van der Waals surface area contributed by atoms with Gasteiger partial charge in [-0.1, -0.05) is 27.2 Å². The van der Waals surface area contributed by atoms with E-state index in [0.29, 0.717) is 12.3 Å². The number of carbonyl (C=O) groups excluding carboxylic acids is 1. The summed E-state index contributed by atoms with van der Waals surface area (Å²) in [7, 11) is 0. The molecule has 0 radical (unpaired) electrons. The van der Waals surface area contributed by atoms with Crippen molar-refractivity contribution in [3.8, 4) is 0 Å². The Labute approximate surface area is 141 Å². The minimum absolute atomic E-state index is 0.00522. The van der Waals surface area contributed by atoms with Crippen LogP contribution in [0.4, 0.5) is 0 Å². The Kier molecular flexibility index (Phi) is 7.35. The fraction of sp³-hybridized carbons (Fsp3) is 0.947. The molecule has 1 heterocycles. The van der Waals surface area contributed by atoms with Gasteiger partial charge in [0.2, 0.25) is 0 Å². The van der Waals surface area contributed by atoms with Crippen LogP contribution < -0.4 is 0 Å². The van der Waals surface area contributed by atoms with E-state index < -0.39 is 0 Å². The first-order valence-electron chi connectivity index (χ1n) is 9.50. The largest absolute Gasteiger partial charge is 0.462 e. The lowest BCUT2D eigenvalue weighted by atomic mass is 9.70. The van der Waals surface area contributed by atoms with Crippen LogP contribution in [0.25, 0.3) is 0 Å². The molecule has 23 heavy (non-hydrogen) atoms. The predicted octanol–water partition coefficient (Wildman–Crippen LogP) is 4.46. The van der Waals surface area contributed by atoms with Gasteiger partial charge in [0.25, 0.3) is 0 Å². The SMILES string of the molecule is CCCC[C@H]1OC[C@@](C)(C2CCC(OC(=O)CCC)CC2)CO1. The molecular formula is C19H34O4. The van der Waals surface area contributed by atoms with E-state index in [0.717, 1.165) is 58.2 Å². The van der Waals surface area contributed by atoms with Crippen molar-refractivity contribution >= 4 is 5.97 Å². The number of esters is 1. The van der Waals surface area contributed by atoms with Crippen molar-refractivity contribution in [3.05, 3.63) is 0 Å². The molecule has 0 aromatic heterocycles. The second-order valence-corrected chi connectivity index (χ2v) is 7.56. The highest BCUT2D eigenvalue weighted by atomic mass is 16.7. The van der Waals surface area contributed by atoms with E-state index in [9.17, 15) is 4.79 Å². The van der Waals surface area contributed by atoms with Crippen molar-refractivity contribution in [1.82, 2.24) is 0 Å². The minimum atomic E-state index is -0.0368. The lowest BCUT2D eigenvalue weighted by molar-refractivity contribution is -0.242. The number of ether oxygens (including phenoxy) is 3. The minimum Gasteiger partial charge on any atom is -0.462 e. The van der Waals surface area contributed by atoms with Crippen molar-refractivity contribution in [2.75, 3.05) is 13.2 Å². The zero-order chi connectivity index (χ0) is 16.7. The van der Waals surface area contributed by atoms with Crippen LogP contribution >= 0.6 is 0 Å². The topological polar surface area (TPSA) is 44.8 Å². The fourth-order valence-corrected chi connectivity index (χ4v) is 3.76. The van der Waals surface area contributed by atoms with E-state index in [4.69, 9.17) is 14.2 Å². The van der Waals surface area contributed by atoms with Crippen molar-refractivity contribution < 1.29 is 19.0 Å². The molecule has 2 rings (SSSR count). The Morgan fingerprint density at radius 2 is 1.74 bits per heavy atom. The highest BCUT2D eigenvalue weighted by molar-refractivity contribution is 5.69. The van der Waals surface area contributed by atoms with Gasteiger partial charge in [-0.25, -0.2) is 0 Å². The molecule has 4 heteroatoms. The molecule has 0 aromatic carbocycles. The number of hydrogen-bond donors (Lipinski definition) is 0. The van der Waals surface area contributed by atoms with E-state index in [2.05, 4.69) is 13.8 Å². The molecule has 1 aliphatic carbocycles. The molecule has 134 valence electrons. The molecule has 0 unspecified atom stereocenters. The molecule has 2 fully saturated rings. The van der Waals surface area contributed by atoms with Gasteiger partial charge in [-0.2, -0.15) is 0 Å². The summed E-state index contributed by atoms with van der Waals surface area (Å²) in [5.74, 6) is 0.570. The molecule has 0 bridgehead atoms. The van der Waals surface area contributed by atoms with Crippen LogP contribution in [-0.2, 0) is 19.0 Å². The van der Waals surface area contributed by atoms with Crippen molar-refractivity contribution in [1.29, 1.82) is 0 Å². The maximum atomic E-state index is 11.6. The van der Waals surface area contributed by atoms with E-state index >= 15 is 0 Å². The lowest BCUT2D eigenvalue weighted by Gasteiger charge is -2.45. The molecular weight excluding hydrogens is 292 g/mol. The van der Waals surface area contributed by atoms with Crippen molar-refractivity contribution in [2.45, 2.75) is 91.0 Å². The Bertz CT molecular complexity index is 352. The van der Waals surface area contributed by atoms with Crippen molar-refractivity contribution in [3.63, 3.8) is 0 Å². The zero-order valence-electron chi connectivity index (χ0n) is 15.1. The summed E-state index contributed by atoms with van der Waals surface area (Å²) in [6, 6.07) is 0. The van der Waals surface area contributed by atoms with Crippen LogP contribution in [0.1, 0.15) is 78.6 Å². The van der Waals surface area contributed by atoms with Gasteiger partial charge >= 0.3 is 5.97 Å². The second kappa shape index (κ2) is 9.03. The highest BCUT2D eigenvalue weighted by Crippen LogP contribution is 2.42. The smallest absolute Gasteiger partial charge is 0.306 e. The quantitative estimate of drug-likeness (QED) is 0.648. The van der Waals surface area contributed by atoms with Crippen LogP contribution in [0, 0.1) is 11.3 Å². The number of unbranched alkanes of at least 4 members (excludes halogenated alkanes) is 1. The Hall–Kier alpha value is -0.610. The molecule has 4 nitrogen and oxygen atoms in total. The lowest BCUT2D eigenvalue weighted by Crippen LogP contribution is -2.46. The first-order chi connectivity index (χ1) is 11.1. The first-order valence-corrected chi connectivity index (χ1v) is 9.50.